The molecule has 3 aliphatic rings. The Bertz CT molecular complexity index is 1450. The van der Waals surface area contributed by atoms with E-state index in [1.807, 2.05) is 24.3 Å². The molecule has 1 N–H and O–H groups in total. The number of sulfonamides is 1. The number of hydrogen-bond acceptors (Lipinski definition) is 7. The standard InChI is InChI=1S/C27H32BrN5O3S2/c1-32-14-15-33(17-27(32)12-13-27)38(35,36)20-8-6-19(7-9-20)21(16-18-4-2-3-5-18)24(34)31-26-29-22-10-11-23(28)30-25(22)37-26/h6-11,18,21H,2-5,12-17H2,1H3,(H,29,31,34). The number of hydrogen-bond donors (Lipinski definition) is 1. The summed E-state index contributed by atoms with van der Waals surface area (Å²) >= 11 is 4.73. The molecule has 1 unspecified atom stereocenters. The third-order valence-electron chi connectivity index (χ3n) is 8.52. The SMILES string of the molecule is CN1CCN(S(=O)(=O)c2ccc(C(CC3CCCC3)C(=O)Nc3nc4ccc(Br)nc4s3)cc2)CC12CC2. The number of fused-ring (bicyclic) bond motifs is 1. The largest absolute Gasteiger partial charge is 0.301 e. The summed E-state index contributed by atoms with van der Waals surface area (Å²) in [5, 5.41) is 3.55. The van der Waals surface area contributed by atoms with Gasteiger partial charge in [-0.05, 0) is 78.0 Å². The van der Waals surface area contributed by atoms with E-state index in [1.165, 1.54) is 24.2 Å². The number of thiazole rings is 1. The topological polar surface area (TPSA) is 95.5 Å². The number of pyridine rings is 1. The fraction of sp³-hybridized carbons (Fsp3) is 0.519. The highest BCUT2D eigenvalue weighted by atomic mass is 79.9. The predicted octanol–water partition coefficient (Wildman–Crippen LogP) is 5.23. The molecule has 6 rings (SSSR count). The third kappa shape index (κ3) is 5.15. The number of likely N-dealkylation sites (N-methyl/N-ethyl adjacent to an activating group) is 1. The Kier molecular flexibility index (Phi) is 7.09. The van der Waals surface area contributed by atoms with Crippen molar-refractivity contribution in [3.05, 3.63) is 46.6 Å². The van der Waals surface area contributed by atoms with Crippen LogP contribution in [0.1, 0.15) is 56.4 Å². The Morgan fingerprint density at radius 1 is 1.13 bits per heavy atom. The van der Waals surface area contributed by atoms with Gasteiger partial charge in [-0.2, -0.15) is 4.31 Å². The van der Waals surface area contributed by atoms with Crippen molar-refractivity contribution < 1.29 is 13.2 Å². The average Bonchev–Trinajstić information content (AvgIpc) is 3.28. The van der Waals surface area contributed by atoms with Crippen LogP contribution in [0.5, 0.6) is 0 Å². The molecule has 2 saturated carbocycles. The van der Waals surface area contributed by atoms with Crippen LogP contribution in [-0.4, -0.2) is 65.7 Å². The summed E-state index contributed by atoms with van der Waals surface area (Å²) in [7, 11) is -1.49. The molecule has 3 heterocycles. The normalized spacial score (nSPS) is 21.2. The van der Waals surface area contributed by atoms with Gasteiger partial charge in [0.25, 0.3) is 0 Å². The number of amides is 1. The zero-order chi connectivity index (χ0) is 26.5. The highest BCUT2D eigenvalue weighted by Crippen LogP contribution is 2.44. The van der Waals surface area contributed by atoms with Gasteiger partial charge in [0.1, 0.15) is 15.0 Å². The first-order chi connectivity index (χ1) is 18.2. The number of aromatic nitrogens is 2. The number of carbonyl (C=O) groups is 1. The van der Waals surface area contributed by atoms with Gasteiger partial charge in [0, 0.05) is 25.2 Å². The number of piperazine rings is 1. The highest BCUT2D eigenvalue weighted by Gasteiger charge is 2.51. The van der Waals surface area contributed by atoms with Crippen molar-refractivity contribution in [1.29, 1.82) is 0 Å². The zero-order valence-corrected chi connectivity index (χ0v) is 24.6. The van der Waals surface area contributed by atoms with Crippen LogP contribution < -0.4 is 5.32 Å². The number of carbonyl (C=O) groups excluding carboxylic acids is 1. The molecule has 1 amide bonds. The minimum atomic E-state index is -3.58. The van der Waals surface area contributed by atoms with E-state index in [4.69, 9.17) is 0 Å². The molecule has 3 aromatic rings. The summed E-state index contributed by atoms with van der Waals surface area (Å²) in [6.45, 7) is 1.80. The van der Waals surface area contributed by atoms with Crippen molar-refractivity contribution in [2.24, 2.45) is 5.92 Å². The average molecular weight is 619 g/mol. The highest BCUT2D eigenvalue weighted by molar-refractivity contribution is 9.10. The molecule has 202 valence electrons. The van der Waals surface area contributed by atoms with Crippen molar-refractivity contribution in [3.8, 4) is 0 Å². The fourth-order valence-electron chi connectivity index (χ4n) is 5.95. The van der Waals surface area contributed by atoms with Crippen molar-refractivity contribution in [3.63, 3.8) is 0 Å². The van der Waals surface area contributed by atoms with E-state index >= 15 is 0 Å². The van der Waals surface area contributed by atoms with Crippen molar-refractivity contribution in [2.75, 3.05) is 32.0 Å². The summed E-state index contributed by atoms with van der Waals surface area (Å²) < 4.78 is 29.3. The summed E-state index contributed by atoms with van der Waals surface area (Å²) in [5.41, 5.74) is 1.60. The van der Waals surface area contributed by atoms with Gasteiger partial charge in [0.05, 0.1) is 10.8 Å². The van der Waals surface area contributed by atoms with Gasteiger partial charge in [0.2, 0.25) is 15.9 Å². The number of nitrogens with one attached hydrogen (secondary N) is 1. The number of benzene rings is 1. The second-order valence-electron chi connectivity index (χ2n) is 11.0. The molecule has 1 spiro atoms. The molecule has 0 bridgehead atoms. The molecule has 11 heteroatoms. The molecule has 1 aromatic carbocycles. The quantitative estimate of drug-likeness (QED) is 0.365. The lowest BCUT2D eigenvalue weighted by Crippen LogP contribution is -2.54. The van der Waals surface area contributed by atoms with Gasteiger partial charge in [-0.25, -0.2) is 18.4 Å². The molecule has 1 atom stereocenters. The molecular weight excluding hydrogens is 586 g/mol. The lowest BCUT2D eigenvalue weighted by Gasteiger charge is -2.39. The van der Waals surface area contributed by atoms with E-state index in [9.17, 15) is 13.2 Å². The van der Waals surface area contributed by atoms with Crippen LogP contribution in [0.3, 0.4) is 0 Å². The Hall–Kier alpha value is -1.92. The fourth-order valence-corrected chi connectivity index (χ4v) is 8.73. The molecule has 3 fully saturated rings. The van der Waals surface area contributed by atoms with Crippen molar-refractivity contribution in [2.45, 2.75) is 61.3 Å². The molecular formula is C27H32BrN5O3S2. The van der Waals surface area contributed by atoms with Crippen LogP contribution >= 0.6 is 27.3 Å². The Morgan fingerprint density at radius 3 is 2.58 bits per heavy atom. The van der Waals surface area contributed by atoms with E-state index in [-0.39, 0.29) is 17.4 Å². The number of rotatable bonds is 7. The molecule has 8 nitrogen and oxygen atoms in total. The Labute approximate surface area is 236 Å². The van der Waals surface area contributed by atoms with Gasteiger partial charge >= 0.3 is 0 Å². The number of nitrogens with zero attached hydrogens (tertiary/aromatic N) is 4. The minimum absolute atomic E-state index is 0.0158. The maximum absolute atomic E-state index is 13.6. The first-order valence-corrected chi connectivity index (χ1v) is 16.3. The summed E-state index contributed by atoms with van der Waals surface area (Å²) in [6, 6.07) is 10.7. The summed E-state index contributed by atoms with van der Waals surface area (Å²) in [4.78, 5) is 25.9. The molecule has 2 aliphatic carbocycles. The Balaban J connectivity index is 1.23. The maximum Gasteiger partial charge on any atom is 0.243 e. The lowest BCUT2D eigenvalue weighted by molar-refractivity contribution is -0.118. The van der Waals surface area contributed by atoms with E-state index in [0.717, 1.165) is 59.2 Å². The zero-order valence-electron chi connectivity index (χ0n) is 21.4. The second-order valence-corrected chi connectivity index (χ2v) is 14.7. The van der Waals surface area contributed by atoms with E-state index in [1.54, 1.807) is 16.4 Å². The molecule has 1 saturated heterocycles. The number of halogens is 1. The monoisotopic (exact) mass is 617 g/mol. The van der Waals surface area contributed by atoms with Crippen LogP contribution in [0.15, 0.2) is 45.9 Å². The second kappa shape index (κ2) is 10.2. The summed E-state index contributed by atoms with van der Waals surface area (Å²) in [5.74, 6) is 0.00234. The van der Waals surface area contributed by atoms with Crippen LogP contribution in [0.2, 0.25) is 0 Å². The van der Waals surface area contributed by atoms with Gasteiger partial charge in [-0.1, -0.05) is 49.2 Å². The lowest BCUT2D eigenvalue weighted by atomic mass is 9.87. The first-order valence-electron chi connectivity index (χ1n) is 13.3. The maximum atomic E-state index is 13.6. The van der Waals surface area contributed by atoms with E-state index in [0.29, 0.717) is 29.0 Å². The van der Waals surface area contributed by atoms with Gasteiger partial charge < -0.3 is 5.32 Å². The van der Waals surface area contributed by atoms with Gasteiger partial charge in [0.15, 0.2) is 5.13 Å². The van der Waals surface area contributed by atoms with E-state index in [2.05, 4.69) is 43.2 Å². The minimum Gasteiger partial charge on any atom is -0.301 e. The molecule has 0 radical (unpaired) electrons. The first kappa shape index (κ1) is 26.3. The third-order valence-corrected chi connectivity index (χ3v) is 11.7. The smallest absolute Gasteiger partial charge is 0.243 e. The summed E-state index contributed by atoms with van der Waals surface area (Å²) in [6.07, 6.45) is 7.49. The number of anilines is 1. The molecule has 2 aromatic heterocycles. The van der Waals surface area contributed by atoms with Crippen molar-refractivity contribution >= 4 is 58.7 Å². The van der Waals surface area contributed by atoms with Crippen LogP contribution in [0.4, 0.5) is 5.13 Å². The predicted molar refractivity (Wildman–Crippen MR) is 153 cm³/mol. The Morgan fingerprint density at radius 2 is 1.87 bits per heavy atom. The van der Waals surface area contributed by atoms with E-state index < -0.39 is 10.0 Å². The van der Waals surface area contributed by atoms with Crippen molar-refractivity contribution in [1.82, 2.24) is 19.2 Å². The molecule has 38 heavy (non-hydrogen) atoms. The van der Waals surface area contributed by atoms with Crippen LogP contribution in [0.25, 0.3) is 10.3 Å². The van der Waals surface area contributed by atoms with Gasteiger partial charge in [-0.3, -0.25) is 9.69 Å². The van der Waals surface area contributed by atoms with Gasteiger partial charge in [-0.15, -0.1) is 0 Å². The van der Waals surface area contributed by atoms with Crippen LogP contribution in [0, 0.1) is 5.92 Å². The molecule has 1 aliphatic heterocycles. The van der Waals surface area contributed by atoms with Crippen LogP contribution in [-0.2, 0) is 14.8 Å².